The number of aromatic nitrogens is 2. The van der Waals surface area contributed by atoms with E-state index in [2.05, 4.69) is 11.2 Å². The highest BCUT2D eigenvalue weighted by atomic mass is 16.5. The number of carbonyl (C=O) groups is 1. The fourth-order valence-corrected chi connectivity index (χ4v) is 3.72. The van der Waals surface area contributed by atoms with Crippen molar-refractivity contribution in [2.24, 2.45) is 5.73 Å². The van der Waals surface area contributed by atoms with Gasteiger partial charge in [-0.25, -0.2) is 9.48 Å². The van der Waals surface area contributed by atoms with E-state index in [-0.39, 0.29) is 11.4 Å². The van der Waals surface area contributed by atoms with Crippen LogP contribution in [0.5, 0.6) is 11.6 Å². The number of carboxylic acid groups (broad SMARTS) is 1. The number of nitrogens with two attached hydrogens (primary N) is 1. The third-order valence-corrected chi connectivity index (χ3v) is 5.09. The van der Waals surface area contributed by atoms with Crippen LogP contribution in [0.2, 0.25) is 0 Å². The molecule has 0 saturated heterocycles. The molecule has 0 radical (unpaired) electrons. The van der Waals surface area contributed by atoms with Gasteiger partial charge in [0.1, 0.15) is 17.4 Å². The third kappa shape index (κ3) is 3.46. The minimum atomic E-state index is -1.04. The predicted octanol–water partition coefficient (Wildman–Crippen LogP) is 3.50. The molecule has 1 aliphatic rings. The summed E-state index contributed by atoms with van der Waals surface area (Å²) < 4.78 is 12.9. The van der Waals surface area contributed by atoms with Crippen LogP contribution in [0.15, 0.2) is 60.0 Å². The van der Waals surface area contributed by atoms with Gasteiger partial charge in [0.25, 0.3) is 0 Å². The lowest BCUT2D eigenvalue weighted by molar-refractivity contribution is 0.0697. The Morgan fingerprint density at radius 2 is 2.06 bits per heavy atom. The normalized spacial score (nSPS) is 15.1. The molecule has 0 aliphatic carbocycles. The maximum absolute atomic E-state index is 11.4. The molecule has 1 aliphatic heterocycles. The SMILES string of the molecule is CCOc1ccc(C2C(C#N)=C(N)Oc3c2c(C)nn3-c2cccc(C(=O)O)c2)cc1. The van der Waals surface area contributed by atoms with Crippen molar-refractivity contribution in [2.45, 2.75) is 19.8 Å². The molecule has 0 saturated carbocycles. The Hall–Kier alpha value is -4.25. The Kier molecular flexibility index (Phi) is 5.09. The van der Waals surface area contributed by atoms with Crippen molar-refractivity contribution in [1.29, 1.82) is 5.26 Å². The number of fused-ring (bicyclic) bond motifs is 1. The molecule has 0 fully saturated rings. The molecule has 0 bridgehead atoms. The minimum Gasteiger partial charge on any atom is -0.494 e. The summed E-state index contributed by atoms with van der Waals surface area (Å²) in [7, 11) is 0. The molecule has 0 amide bonds. The van der Waals surface area contributed by atoms with Gasteiger partial charge in [0.05, 0.1) is 35.0 Å². The average molecular weight is 416 g/mol. The Bertz CT molecular complexity index is 1240. The molecule has 1 unspecified atom stereocenters. The number of aryl methyl sites for hydroxylation is 1. The van der Waals surface area contributed by atoms with Gasteiger partial charge in [0.2, 0.25) is 11.8 Å². The molecule has 8 heteroatoms. The van der Waals surface area contributed by atoms with Crippen LogP contribution in [0.4, 0.5) is 0 Å². The largest absolute Gasteiger partial charge is 0.494 e. The zero-order valence-corrected chi connectivity index (χ0v) is 17.0. The van der Waals surface area contributed by atoms with Crippen LogP contribution in [0.1, 0.15) is 40.0 Å². The molecular weight excluding hydrogens is 396 g/mol. The Morgan fingerprint density at radius 1 is 1.32 bits per heavy atom. The quantitative estimate of drug-likeness (QED) is 0.652. The van der Waals surface area contributed by atoms with E-state index in [0.29, 0.717) is 35.0 Å². The summed E-state index contributed by atoms with van der Waals surface area (Å²) >= 11 is 0. The van der Waals surface area contributed by atoms with Gasteiger partial charge in [-0.05, 0) is 49.7 Å². The first-order chi connectivity index (χ1) is 14.9. The summed E-state index contributed by atoms with van der Waals surface area (Å²) in [4.78, 5) is 11.4. The van der Waals surface area contributed by atoms with Gasteiger partial charge in [0, 0.05) is 0 Å². The summed E-state index contributed by atoms with van der Waals surface area (Å²) in [5, 5.41) is 23.7. The van der Waals surface area contributed by atoms with Crippen molar-refractivity contribution in [3.8, 4) is 23.4 Å². The molecule has 156 valence electrons. The lowest BCUT2D eigenvalue weighted by Gasteiger charge is -2.25. The minimum absolute atomic E-state index is 0.00979. The van der Waals surface area contributed by atoms with E-state index in [0.717, 1.165) is 11.3 Å². The first kappa shape index (κ1) is 20.0. The highest BCUT2D eigenvalue weighted by Gasteiger charge is 2.36. The van der Waals surface area contributed by atoms with E-state index < -0.39 is 11.9 Å². The van der Waals surface area contributed by atoms with E-state index in [1.807, 2.05) is 38.1 Å². The van der Waals surface area contributed by atoms with E-state index in [1.54, 1.807) is 12.1 Å². The number of ether oxygens (including phenoxy) is 2. The van der Waals surface area contributed by atoms with Crippen molar-refractivity contribution in [3.63, 3.8) is 0 Å². The van der Waals surface area contributed by atoms with Gasteiger partial charge in [-0.15, -0.1) is 0 Å². The van der Waals surface area contributed by atoms with Gasteiger partial charge in [-0.2, -0.15) is 10.4 Å². The molecule has 4 rings (SSSR count). The molecule has 3 aromatic rings. The number of allylic oxidation sites excluding steroid dienone is 1. The number of benzene rings is 2. The molecule has 2 heterocycles. The third-order valence-electron chi connectivity index (χ3n) is 5.09. The van der Waals surface area contributed by atoms with Gasteiger partial charge in [-0.3, -0.25) is 0 Å². The molecule has 31 heavy (non-hydrogen) atoms. The number of nitriles is 1. The van der Waals surface area contributed by atoms with Gasteiger partial charge >= 0.3 is 5.97 Å². The standard InChI is InChI=1S/C23H20N4O4/c1-3-30-17-9-7-14(8-10-17)20-18(12-24)21(25)31-22-19(20)13(2)26-27(22)16-6-4-5-15(11-16)23(28)29/h4-11,20H,3,25H2,1-2H3,(H,28,29). The number of nitrogens with zero attached hydrogens (tertiary/aromatic N) is 3. The van der Waals surface area contributed by atoms with Crippen LogP contribution in [0.3, 0.4) is 0 Å². The van der Waals surface area contributed by atoms with E-state index in [4.69, 9.17) is 15.2 Å². The monoisotopic (exact) mass is 416 g/mol. The van der Waals surface area contributed by atoms with Crippen molar-refractivity contribution in [2.75, 3.05) is 6.61 Å². The second kappa shape index (κ2) is 7.88. The summed E-state index contributed by atoms with van der Waals surface area (Å²) in [6.07, 6.45) is 0. The number of aromatic carboxylic acids is 1. The van der Waals surface area contributed by atoms with Crippen LogP contribution in [-0.4, -0.2) is 27.5 Å². The van der Waals surface area contributed by atoms with Crippen molar-refractivity contribution >= 4 is 5.97 Å². The zero-order valence-electron chi connectivity index (χ0n) is 17.0. The maximum Gasteiger partial charge on any atom is 0.335 e. The molecular formula is C23H20N4O4. The zero-order chi connectivity index (χ0) is 22.1. The van der Waals surface area contributed by atoms with Crippen LogP contribution < -0.4 is 15.2 Å². The lowest BCUT2D eigenvalue weighted by atomic mass is 9.84. The molecule has 2 aromatic carbocycles. The fourth-order valence-electron chi connectivity index (χ4n) is 3.72. The summed E-state index contributed by atoms with van der Waals surface area (Å²) in [5.74, 6) is -0.438. The summed E-state index contributed by atoms with van der Waals surface area (Å²) in [6, 6.07) is 16.0. The number of hydrogen-bond acceptors (Lipinski definition) is 6. The van der Waals surface area contributed by atoms with Gasteiger partial charge < -0.3 is 20.3 Å². The first-order valence-corrected chi connectivity index (χ1v) is 9.68. The average Bonchev–Trinajstić information content (AvgIpc) is 3.09. The Labute approximate surface area is 178 Å². The van der Waals surface area contributed by atoms with E-state index >= 15 is 0 Å². The Balaban J connectivity index is 1.87. The molecule has 1 aromatic heterocycles. The maximum atomic E-state index is 11.4. The smallest absolute Gasteiger partial charge is 0.335 e. The lowest BCUT2D eigenvalue weighted by Crippen LogP contribution is -2.22. The topological polar surface area (TPSA) is 123 Å². The molecule has 0 spiro atoms. The highest BCUT2D eigenvalue weighted by Crippen LogP contribution is 2.44. The molecule has 8 nitrogen and oxygen atoms in total. The van der Waals surface area contributed by atoms with Crippen molar-refractivity contribution in [3.05, 3.63) is 82.4 Å². The number of rotatable bonds is 5. The van der Waals surface area contributed by atoms with Crippen molar-refractivity contribution in [1.82, 2.24) is 9.78 Å². The van der Waals surface area contributed by atoms with Crippen LogP contribution >= 0.6 is 0 Å². The van der Waals surface area contributed by atoms with Crippen molar-refractivity contribution < 1.29 is 19.4 Å². The predicted molar refractivity (Wildman–Crippen MR) is 112 cm³/mol. The van der Waals surface area contributed by atoms with E-state index in [9.17, 15) is 15.2 Å². The van der Waals surface area contributed by atoms with Gasteiger partial charge in [0.15, 0.2) is 0 Å². The summed E-state index contributed by atoms with van der Waals surface area (Å²) in [6.45, 7) is 4.28. The molecule has 3 N–H and O–H groups in total. The second-order valence-electron chi connectivity index (χ2n) is 7.00. The summed E-state index contributed by atoms with van der Waals surface area (Å²) in [5.41, 5.74) is 9.24. The first-order valence-electron chi connectivity index (χ1n) is 9.68. The van der Waals surface area contributed by atoms with Gasteiger partial charge in [-0.1, -0.05) is 18.2 Å². The fraction of sp³-hybridized carbons (Fsp3) is 0.174. The number of carboxylic acids is 1. The van der Waals surface area contributed by atoms with Crippen LogP contribution in [0, 0.1) is 18.3 Å². The van der Waals surface area contributed by atoms with Crippen LogP contribution in [0.25, 0.3) is 5.69 Å². The Morgan fingerprint density at radius 3 is 2.71 bits per heavy atom. The van der Waals surface area contributed by atoms with Crippen LogP contribution in [-0.2, 0) is 0 Å². The molecule has 1 atom stereocenters. The second-order valence-corrected chi connectivity index (χ2v) is 7.00. The van der Waals surface area contributed by atoms with E-state index in [1.165, 1.54) is 16.8 Å². The number of hydrogen-bond donors (Lipinski definition) is 2. The highest BCUT2D eigenvalue weighted by molar-refractivity contribution is 5.88.